The Balaban J connectivity index is 2.19. The first-order chi connectivity index (χ1) is 9.72. The highest BCUT2D eigenvalue weighted by atomic mass is 16.5. The summed E-state index contributed by atoms with van der Waals surface area (Å²) < 4.78 is 10.5. The average molecular weight is 276 g/mol. The van der Waals surface area contributed by atoms with Crippen LogP contribution in [0.2, 0.25) is 0 Å². The molecule has 0 bridgehead atoms. The Hall–Kier alpha value is -2.08. The number of hydrogen-bond donors (Lipinski definition) is 1. The van der Waals surface area contributed by atoms with Crippen molar-refractivity contribution < 1.29 is 9.15 Å². The minimum absolute atomic E-state index is 0.390. The van der Waals surface area contributed by atoms with Gasteiger partial charge in [-0.15, -0.1) is 0 Å². The average Bonchev–Trinajstić information content (AvgIpc) is 2.92. The van der Waals surface area contributed by atoms with Gasteiger partial charge in [0.15, 0.2) is 5.82 Å². The first kappa shape index (κ1) is 14.3. The summed E-state index contributed by atoms with van der Waals surface area (Å²) >= 11 is 0. The van der Waals surface area contributed by atoms with Gasteiger partial charge in [0, 0.05) is 26.8 Å². The van der Waals surface area contributed by atoms with Crippen LogP contribution in [0, 0.1) is 0 Å². The third kappa shape index (κ3) is 3.71. The normalized spacial score (nSPS) is 10.6. The van der Waals surface area contributed by atoms with Gasteiger partial charge in [-0.1, -0.05) is 0 Å². The number of nitrogens with one attached hydrogen (secondary N) is 1. The summed E-state index contributed by atoms with van der Waals surface area (Å²) in [7, 11) is 3.60. The molecule has 0 radical (unpaired) electrons. The third-order valence-electron chi connectivity index (χ3n) is 2.75. The van der Waals surface area contributed by atoms with Crippen molar-refractivity contribution in [3.05, 3.63) is 36.0 Å². The smallest absolute Gasteiger partial charge is 0.158 e. The maximum atomic E-state index is 5.36. The number of nitrogens with zero attached hydrogens (tertiary/aromatic N) is 3. The van der Waals surface area contributed by atoms with Gasteiger partial charge in [0.2, 0.25) is 0 Å². The van der Waals surface area contributed by atoms with Crippen LogP contribution in [0.15, 0.2) is 28.9 Å². The van der Waals surface area contributed by atoms with E-state index in [2.05, 4.69) is 15.3 Å². The molecule has 0 spiro atoms. The summed E-state index contributed by atoms with van der Waals surface area (Å²) in [5.74, 6) is 3.19. The van der Waals surface area contributed by atoms with Gasteiger partial charge in [-0.3, -0.25) is 0 Å². The summed E-state index contributed by atoms with van der Waals surface area (Å²) in [5, 5.41) is 3.20. The monoisotopic (exact) mass is 276 g/mol. The van der Waals surface area contributed by atoms with Crippen LogP contribution in [0.3, 0.4) is 0 Å². The molecule has 0 fully saturated rings. The Labute approximate surface area is 118 Å². The van der Waals surface area contributed by atoms with Crippen molar-refractivity contribution in [1.82, 2.24) is 9.97 Å². The second-order valence-corrected chi connectivity index (χ2v) is 4.43. The van der Waals surface area contributed by atoms with Gasteiger partial charge in [0.25, 0.3) is 0 Å². The van der Waals surface area contributed by atoms with Gasteiger partial charge in [0.05, 0.1) is 12.8 Å². The van der Waals surface area contributed by atoms with Gasteiger partial charge in [-0.25, -0.2) is 9.97 Å². The zero-order valence-corrected chi connectivity index (χ0v) is 12.1. The molecule has 1 N–H and O–H groups in total. The Bertz CT molecular complexity index is 504. The summed E-state index contributed by atoms with van der Waals surface area (Å²) in [6, 6.07) is 5.74. The summed E-state index contributed by atoms with van der Waals surface area (Å²) in [4.78, 5) is 10.9. The lowest BCUT2D eigenvalue weighted by Gasteiger charge is -2.18. The van der Waals surface area contributed by atoms with Crippen LogP contribution in [-0.2, 0) is 17.9 Å². The van der Waals surface area contributed by atoms with E-state index in [-0.39, 0.29) is 0 Å². The topological polar surface area (TPSA) is 63.4 Å². The molecule has 108 valence electrons. The van der Waals surface area contributed by atoms with E-state index in [0.29, 0.717) is 19.0 Å². The molecule has 2 rings (SSSR count). The quantitative estimate of drug-likeness (QED) is 0.837. The predicted molar refractivity (Wildman–Crippen MR) is 77.7 cm³/mol. The number of rotatable bonds is 7. The first-order valence-electron chi connectivity index (χ1n) is 6.57. The fraction of sp³-hybridized carbons (Fsp3) is 0.429. The second-order valence-electron chi connectivity index (χ2n) is 4.43. The van der Waals surface area contributed by atoms with Crippen LogP contribution in [0.1, 0.15) is 18.5 Å². The molecule has 0 unspecified atom stereocenters. The molecule has 6 heteroatoms. The molecule has 6 nitrogen and oxygen atoms in total. The third-order valence-corrected chi connectivity index (χ3v) is 2.75. The molecule has 2 aromatic heterocycles. The largest absolute Gasteiger partial charge is 0.467 e. The number of anilines is 2. The summed E-state index contributed by atoms with van der Waals surface area (Å²) in [6.45, 7) is 3.89. The second kappa shape index (κ2) is 6.91. The fourth-order valence-electron chi connectivity index (χ4n) is 1.86. The van der Waals surface area contributed by atoms with E-state index in [4.69, 9.17) is 9.15 Å². The van der Waals surface area contributed by atoms with Gasteiger partial charge >= 0.3 is 0 Å². The first-order valence-corrected chi connectivity index (χ1v) is 6.57. The predicted octanol–water partition coefficient (Wildman–Crippen LogP) is 2.28. The zero-order chi connectivity index (χ0) is 14.4. The van der Waals surface area contributed by atoms with Crippen LogP contribution >= 0.6 is 0 Å². The van der Waals surface area contributed by atoms with Crippen LogP contribution in [0.4, 0.5) is 11.6 Å². The Morgan fingerprint density at radius 3 is 2.90 bits per heavy atom. The van der Waals surface area contributed by atoms with E-state index in [1.54, 1.807) is 13.4 Å². The van der Waals surface area contributed by atoms with Crippen molar-refractivity contribution in [1.29, 1.82) is 0 Å². The highest BCUT2D eigenvalue weighted by Crippen LogP contribution is 2.17. The molecule has 0 atom stereocenters. The molecule has 0 aliphatic carbocycles. The van der Waals surface area contributed by atoms with Crippen molar-refractivity contribution in [3.63, 3.8) is 0 Å². The number of methoxy groups -OCH3 is 1. The van der Waals surface area contributed by atoms with Crippen LogP contribution in [-0.4, -0.2) is 30.7 Å². The van der Waals surface area contributed by atoms with E-state index < -0.39 is 0 Å². The van der Waals surface area contributed by atoms with E-state index in [9.17, 15) is 0 Å². The van der Waals surface area contributed by atoms with Crippen LogP contribution < -0.4 is 10.2 Å². The molecule has 0 saturated heterocycles. The van der Waals surface area contributed by atoms with Crippen LogP contribution in [0.25, 0.3) is 0 Å². The molecule has 0 amide bonds. The lowest BCUT2D eigenvalue weighted by Crippen LogP contribution is -2.19. The molecular weight excluding hydrogens is 256 g/mol. The van der Waals surface area contributed by atoms with E-state index >= 15 is 0 Å². The standard InChI is InChI=1S/C14H20N4O2/c1-4-15-12-8-14(17-13(16-12)10-19-3)18(2)9-11-6-5-7-20-11/h5-8H,4,9-10H2,1-3H3,(H,15,16,17). The molecular formula is C14H20N4O2. The van der Waals surface area contributed by atoms with Gasteiger partial charge in [-0.05, 0) is 19.1 Å². The van der Waals surface area contributed by atoms with Crippen molar-refractivity contribution in [2.24, 2.45) is 0 Å². The highest BCUT2D eigenvalue weighted by Gasteiger charge is 2.10. The SMILES string of the molecule is CCNc1cc(N(C)Cc2ccco2)nc(COC)n1. The van der Waals surface area contributed by atoms with Gasteiger partial charge in [0.1, 0.15) is 24.0 Å². The van der Waals surface area contributed by atoms with E-state index in [1.807, 2.05) is 37.1 Å². The Morgan fingerprint density at radius 2 is 2.25 bits per heavy atom. The lowest BCUT2D eigenvalue weighted by molar-refractivity contribution is 0.178. The molecule has 0 aliphatic rings. The molecule has 20 heavy (non-hydrogen) atoms. The van der Waals surface area contributed by atoms with Gasteiger partial charge in [-0.2, -0.15) is 0 Å². The molecule has 0 aromatic carbocycles. The highest BCUT2D eigenvalue weighted by molar-refractivity contribution is 5.49. The fourth-order valence-corrected chi connectivity index (χ4v) is 1.86. The maximum absolute atomic E-state index is 5.36. The molecule has 2 aromatic rings. The lowest BCUT2D eigenvalue weighted by atomic mass is 10.4. The summed E-state index contributed by atoms with van der Waals surface area (Å²) in [6.07, 6.45) is 1.67. The minimum Gasteiger partial charge on any atom is -0.467 e. The number of hydrogen-bond acceptors (Lipinski definition) is 6. The molecule has 0 aliphatic heterocycles. The zero-order valence-electron chi connectivity index (χ0n) is 12.1. The number of ether oxygens (including phenoxy) is 1. The summed E-state index contributed by atoms with van der Waals surface area (Å²) in [5.41, 5.74) is 0. The van der Waals surface area contributed by atoms with Gasteiger partial charge < -0.3 is 19.4 Å². The number of furan rings is 1. The maximum Gasteiger partial charge on any atom is 0.158 e. The molecule has 0 saturated carbocycles. The van der Waals surface area contributed by atoms with Crippen molar-refractivity contribution in [2.45, 2.75) is 20.1 Å². The van der Waals surface area contributed by atoms with Crippen molar-refractivity contribution in [2.75, 3.05) is 30.9 Å². The molecule has 2 heterocycles. The van der Waals surface area contributed by atoms with E-state index in [1.165, 1.54) is 0 Å². The Kier molecular flexibility index (Phi) is 4.95. The van der Waals surface area contributed by atoms with Crippen molar-refractivity contribution in [3.8, 4) is 0 Å². The minimum atomic E-state index is 0.390. The number of aromatic nitrogens is 2. The van der Waals surface area contributed by atoms with Crippen LogP contribution in [0.5, 0.6) is 0 Å². The van der Waals surface area contributed by atoms with Crippen molar-refractivity contribution >= 4 is 11.6 Å². The van der Waals surface area contributed by atoms with E-state index in [0.717, 1.165) is 23.9 Å². The Morgan fingerprint density at radius 1 is 1.40 bits per heavy atom.